The van der Waals surface area contributed by atoms with Gasteiger partial charge in [-0.15, -0.1) is 0 Å². The van der Waals surface area contributed by atoms with Gasteiger partial charge in [-0.2, -0.15) is 0 Å². The minimum absolute atomic E-state index is 0.0840. The normalized spacial score (nSPS) is 15.5. The van der Waals surface area contributed by atoms with Crippen molar-refractivity contribution in [1.82, 2.24) is 10.2 Å². The molecule has 1 atom stereocenters. The van der Waals surface area contributed by atoms with Gasteiger partial charge >= 0.3 is 0 Å². The van der Waals surface area contributed by atoms with Gasteiger partial charge in [-0.05, 0) is 49.5 Å². The molecule has 0 unspecified atom stereocenters. The lowest BCUT2D eigenvalue weighted by atomic mass is 10.1. The van der Waals surface area contributed by atoms with Crippen LogP contribution in [0.15, 0.2) is 48.5 Å². The molecule has 2 aromatic rings. The molecule has 0 spiro atoms. The second-order valence-corrected chi connectivity index (χ2v) is 10.5. The van der Waals surface area contributed by atoms with Crippen molar-refractivity contribution in [3.05, 3.63) is 69.8 Å². The molecule has 1 aliphatic heterocycles. The Kier molecular flexibility index (Phi) is 8.62. The SMILES string of the molecule is CC[C@H](C(=O)NCc1ccc(CN2CCCCC2)cc1)N(c1cccc([N+](=O)[O-])c1)S(C)(=O)=O. The molecule has 1 N–H and O–H groups in total. The zero-order chi connectivity index (χ0) is 24.7. The minimum Gasteiger partial charge on any atom is -0.350 e. The average Bonchev–Trinajstić information content (AvgIpc) is 2.81. The fourth-order valence-corrected chi connectivity index (χ4v) is 5.45. The smallest absolute Gasteiger partial charge is 0.271 e. The van der Waals surface area contributed by atoms with Crippen LogP contribution in [-0.2, 0) is 27.9 Å². The molecule has 0 saturated carbocycles. The number of nitro groups is 1. The van der Waals surface area contributed by atoms with Crippen LogP contribution < -0.4 is 9.62 Å². The summed E-state index contributed by atoms with van der Waals surface area (Å²) in [6.07, 6.45) is 4.97. The van der Waals surface area contributed by atoms with E-state index in [0.717, 1.165) is 41.8 Å². The molecule has 0 radical (unpaired) electrons. The van der Waals surface area contributed by atoms with Gasteiger partial charge in [0, 0.05) is 25.2 Å². The number of carbonyl (C=O) groups excluding carboxylic acids is 1. The van der Waals surface area contributed by atoms with E-state index < -0.39 is 26.9 Å². The standard InChI is InChI=1S/C24H32N4O5S/c1-3-23(27(34(2,32)33)21-8-7-9-22(16-21)28(30)31)24(29)25-17-19-10-12-20(13-11-19)18-26-14-5-4-6-15-26/h7-13,16,23H,3-6,14-15,17-18H2,1-2H3,(H,25,29)/t23-/m1/s1. The number of hydrogen-bond donors (Lipinski definition) is 1. The number of likely N-dealkylation sites (tertiary alicyclic amines) is 1. The molecule has 9 nitrogen and oxygen atoms in total. The summed E-state index contributed by atoms with van der Waals surface area (Å²) in [4.78, 5) is 26.0. The second kappa shape index (κ2) is 11.4. The molecule has 1 heterocycles. The van der Waals surface area contributed by atoms with E-state index in [2.05, 4.69) is 22.3 Å². The quantitative estimate of drug-likeness (QED) is 0.405. The van der Waals surface area contributed by atoms with E-state index in [1.807, 2.05) is 12.1 Å². The molecule has 34 heavy (non-hydrogen) atoms. The Hall–Kier alpha value is -2.98. The maximum atomic E-state index is 13.0. The summed E-state index contributed by atoms with van der Waals surface area (Å²) in [5, 5.41) is 14.0. The number of nitrogens with zero attached hydrogens (tertiary/aromatic N) is 3. The number of non-ortho nitro benzene ring substituents is 1. The van der Waals surface area contributed by atoms with Crippen LogP contribution in [0.1, 0.15) is 43.7 Å². The average molecular weight is 489 g/mol. The van der Waals surface area contributed by atoms with E-state index in [9.17, 15) is 23.3 Å². The summed E-state index contributed by atoms with van der Waals surface area (Å²) in [5.74, 6) is -0.461. The van der Waals surface area contributed by atoms with Gasteiger partial charge < -0.3 is 5.32 Å². The van der Waals surface area contributed by atoms with Crippen molar-refractivity contribution in [2.45, 2.75) is 51.7 Å². The van der Waals surface area contributed by atoms with Gasteiger partial charge in [-0.25, -0.2) is 8.42 Å². The van der Waals surface area contributed by atoms with Crippen molar-refractivity contribution in [1.29, 1.82) is 0 Å². The van der Waals surface area contributed by atoms with Crippen molar-refractivity contribution < 1.29 is 18.1 Å². The van der Waals surface area contributed by atoms with Crippen LogP contribution in [0.25, 0.3) is 0 Å². The maximum Gasteiger partial charge on any atom is 0.271 e. The minimum atomic E-state index is -3.87. The van der Waals surface area contributed by atoms with Crippen molar-refractivity contribution >= 4 is 27.3 Å². The first kappa shape index (κ1) is 25.6. The summed E-state index contributed by atoms with van der Waals surface area (Å²) in [5.41, 5.74) is 1.97. The molecule has 1 fully saturated rings. The Morgan fingerprint density at radius 3 is 2.35 bits per heavy atom. The number of anilines is 1. The molecule has 0 bridgehead atoms. The Morgan fingerprint density at radius 1 is 1.12 bits per heavy atom. The maximum absolute atomic E-state index is 13.0. The Morgan fingerprint density at radius 2 is 1.76 bits per heavy atom. The largest absolute Gasteiger partial charge is 0.350 e. The summed E-state index contributed by atoms with van der Waals surface area (Å²) < 4.78 is 26.1. The lowest BCUT2D eigenvalue weighted by molar-refractivity contribution is -0.384. The number of rotatable bonds is 10. The molecule has 1 saturated heterocycles. The summed E-state index contributed by atoms with van der Waals surface area (Å²) in [6, 6.07) is 12.3. The summed E-state index contributed by atoms with van der Waals surface area (Å²) in [6.45, 7) is 5.12. The summed E-state index contributed by atoms with van der Waals surface area (Å²) in [7, 11) is -3.87. The van der Waals surface area contributed by atoms with Gasteiger partial charge in [0.2, 0.25) is 15.9 Å². The van der Waals surface area contributed by atoms with E-state index in [1.165, 1.54) is 43.0 Å². The third-order valence-corrected chi connectivity index (χ3v) is 7.15. The predicted molar refractivity (Wildman–Crippen MR) is 132 cm³/mol. The number of sulfonamides is 1. The molecule has 3 rings (SSSR count). The van der Waals surface area contributed by atoms with E-state index >= 15 is 0 Å². The first-order chi connectivity index (χ1) is 16.2. The third-order valence-electron chi connectivity index (χ3n) is 5.97. The highest BCUT2D eigenvalue weighted by Gasteiger charge is 2.32. The molecule has 1 aliphatic rings. The molecule has 10 heteroatoms. The highest BCUT2D eigenvalue weighted by atomic mass is 32.2. The summed E-state index contributed by atoms with van der Waals surface area (Å²) >= 11 is 0. The van der Waals surface area contributed by atoms with Crippen molar-refractivity contribution in [3.8, 4) is 0 Å². The van der Waals surface area contributed by atoms with Gasteiger partial charge in [0.15, 0.2) is 0 Å². The number of hydrogen-bond acceptors (Lipinski definition) is 6. The van der Waals surface area contributed by atoms with Gasteiger partial charge in [0.1, 0.15) is 6.04 Å². The zero-order valence-electron chi connectivity index (χ0n) is 19.6. The number of piperidine rings is 1. The predicted octanol–water partition coefficient (Wildman–Crippen LogP) is 3.44. The molecule has 2 aromatic carbocycles. The number of nitro benzene ring substituents is 1. The Labute approximate surface area is 201 Å². The van der Waals surface area contributed by atoms with Crippen LogP contribution >= 0.6 is 0 Å². The first-order valence-corrected chi connectivity index (χ1v) is 13.4. The van der Waals surface area contributed by atoms with Crippen LogP contribution in [0.4, 0.5) is 11.4 Å². The highest BCUT2D eigenvalue weighted by molar-refractivity contribution is 7.92. The number of benzene rings is 2. The van der Waals surface area contributed by atoms with E-state index in [0.29, 0.717) is 0 Å². The van der Waals surface area contributed by atoms with Gasteiger partial charge in [0.25, 0.3) is 5.69 Å². The Balaban J connectivity index is 1.68. The number of amides is 1. The molecular formula is C24H32N4O5S. The van der Waals surface area contributed by atoms with Crippen LogP contribution in [0.5, 0.6) is 0 Å². The molecule has 0 aromatic heterocycles. The molecule has 184 valence electrons. The van der Waals surface area contributed by atoms with Gasteiger partial charge in [-0.3, -0.25) is 24.1 Å². The lowest BCUT2D eigenvalue weighted by Crippen LogP contribution is -2.49. The fraction of sp³-hybridized carbons (Fsp3) is 0.458. The van der Waals surface area contributed by atoms with Crippen molar-refractivity contribution in [2.24, 2.45) is 0 Å². The number of nitrogens with one attached hydrogen (secondary N) is 1. The Bertz CT molecular complexity index is 1100. The highest BCUT2D eigenvalue weighted by Crippen LogP contribution is 2.26. The van der Waals surface area contributed by atoms with Gasteiger partial charge in [-0.1, -0.05) is 43.7 Å². The third kappa shape index (κ3) is 6.77. The monoisotopic (exact) mass is 488 g/mol. The topological polar surface area (TPSA) is 113 Å². The first-order valence-electron chi connectivity index (χ1n) is 11.5. The van der Waals surface area contributed by atoms with E-state index in [1.54, 1.807) is 6.92 Å². The zero-order valence-corrected chi connectivity index (χ0v) is 20.5. The lowest BCUT2D eigenvalue weighted by Gasteiger charge is -2.30. The van der Waals surface area contributed by atoms with Crippen molar-refractivity contribution in [3.63, 3.8) is 0 Å². The van der Waals surface area contributed by atoms with Crippen molar-refractivity contribution in [2.75, 3.05) is 23.7 Å². The van der Waals surface area contributed by atoms with Crippen LogP contribution in [0.3, 0.4) is 0 Å². The van der Waals surface area contributed by atoms with Gasteiger partial charge in [0.05, 0.1) is 16.9 Å². The van der Waals surface area contributed by atoms with Crippen LogP contribution in [-0.4, -0.2) is 49.5 Å². The van der Waals surface area contributed by atoms with Crippen LogP contribution in [0, 0.1) is 10.1 Å². The van der Waals surface area contributed by atoms with Crippen LogP contribution in [0.2, 0.25) is 0 Å². The molecular weight excluding hydrogens is 456 g/mol. The van der Waals surface area contributed by atoms with E-state index in [-0.39, 0.29) is 24.3 Å². The second-order valence-electron chi connectivity index (χ2n) is 8.63. The fourth-order valence-electron chi connectivity index (χ4n) is 4.25. The molecule has 1 amide bonds. The molecule has 0 aliphatic carbocycles. The number of carbonyl (C=O) groups is 1. The van der Waals surface area contributed by atoms with E-state index in [4.69, 9.17) is 0 Å².